The zero-order valence-electron chi connectivity index (χ0n) is 19.1. The molecule has 0 atom stereocenters. The van der Waals surface area contributed by atoms with Crippen LogP contribution in [0.1, 0.15) is 73.4 Å². The van der Waals surface area contributed by atoms with E-state index in [0.29, 0.717) is 12.2 Å². The summed E-state index contributed by atoms with van der Waals surface area (Å²) >= 11 is 0. The van der Waals surface area contributed by atoms with Gasteiger partial charge in [-0.15, -0.1) is 0 Å². The summed E-state index contributed by atoms with van der Waals surface area (Å²) in [6.07, 6.45) is 7.07. The predicted octanol–water partition coefficient (Wildman–Crippen LogP) is 4.64. The minimum absolute atomic E-state index is 0.0112. The molecule has 4 rings (SSSR count). The third kappa shape index (κ3) is 4.40. The third-order valence-corrected chi connectivity index (χ3v) is 6.31. The van der Waals surface area contributed by atoms with Crippen LogP contribution in [0.5, 0.6) is 5.75 Å². The topological polar surface area (TPSA) is 73.2 Å². The highest BCUT2D eigenvalue weighted by Gasteiger charge is 2.26. The average Bonchev–Trinajstić information content (AvgIpc) is 2.81. The maximum Gasteiger partial charge on any atom is 0.265 e. The number of hydrogen-bond acceptors (Lipinski definition) is 4. The summed E-state index contributed by atoms with van der Waals surface area (Å²) < 4.78 is 6.87. The van der Waals surface area contributed by atoms with Gasteiger partial charge in [0.05, 0.1) is 13.7 Å². The van der Waals surface area contributed by atoms with Gasteiger partial charge in [0.25, 0.3) is 11.5 Å². The molecule has 0 spiro atoms. The van der Waals surface area contributed by atoms with Crippen molar-refractivity contribution in [2.45, 2.75) is 64.5 Å². The molecular weight excluding hydrogens is 402 g/mol. The van der Waals surface area contributed by atoms with Gasteiger partial charge in [-0.1, -0.05) is 45.2 Å². The first-order valence-electron chi connectivity index (χ1n) is 11.4. The highest BCUT2D eigenvalue weighted by Crippen LogP contribution is 2.27. The second-order valence-corrected chi connectivity index (χ2v) is 8.87. The molecule has 0 aliphatic heterocycles. The highest BCUT2D eigenvalue weighted by molar-refractivity contribution is 6.00. The fraction of sp³-hybridized carbons (Fsp3) is 0.423. The minimum Gasteiger partial charge on any atom is -0.497 e. The van der Waals surface area contributed by atoms with Gasteiger partial charge in [-0.3, -0.25) is 14.2 Å². The summed E-state index contributed by atoms with van der Waals surface area (Å²) in [5.74, 6) is 0.503. The Balaban J connectivity index is 1.83. The normalized spacial score (nSPS) is 14.6. The Morgan fingerprint density at radius 1 is 1.16 bits per heavy atom. The predicted molar refractivity (Wildman–Crippen MR) is 127 cm³/mol. The molecule has 32 heavy (non-hydrogen) atoms. The molecule has 0 unspecified atom stereocenters. The minimum atomic E-state index is -0.288. The molecule has 168 valence electrons. The number of rotatable bonds is 6. The van der Waals surface area contributed by atoms with Crippen molar-refractivity contribution < 1.29 is 9.53 Å². The molecule has 2 aromatic heterocycles. The van der Waals surface area contributed by atoms with Crippen molar-refractivity contribution in [3.8, 4) is 5.75 Å². The molecule has 0 saturated heterocycles. The molecule has 1 saturated carbocycles. The lowest BCUT2D eigenvalue weighted by atomic mass is 9.92. The van der Waals surface area contributed by atoms with E-state index in [1.54, 1.807) is 17.9 Å². The van der Waals surface area contributed by atoms with Crippen LogP contribution in [0.4, 0.5) is 0 Å². The number of pyridine rings is 2. The Hall–Kier alpha value is -3.15. The Kier molecular flexibility index (Phi) is 6.58. The SMILES string of the molecule is COc1ccc(Cn2c(=O)c(C(=O)NC3CCCCC3)c(C(C)C)c3cccnc32)cc1. The summed E-state index contributed by atoms with van der Waals surface area (Å²) in [5.41, 5.74) is 2.28. The molecule has 2 heterocycles. The van der Waals surface area contributed by atoms with Crippen molar-refractivity contribution in [2.75, 3.05) is 7.11 Å². The lowest BCUT2D eigenvalue weighted by Gasteiger charge is -2.24. The molecule has 0 radical (unpaired) electrons. The van der Waals surface area contributed by atoms with Crippen molar-refractivity contribution in [3.05, 3.63) is 69.6 Å². The van der Waals surface area contributed by atoms with E-state index >= 15 is 0 Å². The number of nitrogens with zero attached hydrogens (tertiary/aromatic N) is 2. The Morgan fingerprint density at radius 3 is 2.53 bits per heavy atom. The number of fused-ring (bicyclic) bond motifs is 1. The molecule has 1 aliphatic rings. The van der Waals surface area contributed by atoms with Gasteiger partial charge in [0.15, 0.2) is 0 Å². The first kappa shape index (κ1) is 22.1. The van der Waals surface area contributed by atoms with Crippen molar-refractivity contribution >= 4 is 16.9 Å². The quantitative estimate of drug-likeness (QED) is 0.615. The highest BCUT2D eigenvalue weighted by atomic mass is 16.5. The third-order valence-electron chi connectivity index (χ3n) is 6.31. The van der Waals surface area contributed by atoms with Crippen LogP contribution in [0.15, 0.2) is 47.4 Å². The number of carbonyl (C=O) groups is 1. The Labute approximate surface area is 188 Å². The molecular formula is C26H31N3O3. The van der Waals surface area contributed by atoms with Gasteiger partial charge in [-0.25, -0.2) is 4.98 Å². The molecule has 3 aromatic rings. The Bertz CT molecular complexity index is 1160. The number of aromatic nitrogens is 2. The molecule has 1 fully saturated rings. The fourth-order valence-corrected chi connectivity index (χ4v) is 4.69. The number of carbonyl (C=O) groups excluding carboxylic acids is 1. The van der Waals surface area contributed by atoms with E-state index < -0.39 is 0 Å². The largest absolute Gasteiger partial charge is 0.497 e. The van der Waals surface area contributed by atoms with E-state index in [9.17, 15) is 9.59 Å². The van der Waals surface area contributed by atoms with E-state index in [-0.39, 0.29) is 29.0 Å². The van der Waals surface area contributed by atoms with Crippen molar-refractivity contribution in [2.24, 2.45) is 0 Å². The van der Waals surface area contributed by atoms with Crippen LogP contribution in [0.2, 0.25) is 0 Å². The van der Waals surface area contributed by atoms with Crippen LogP contribution in [0.3, 0.4) is 0 Å². The molecule has 1 aromatic carbocycles. The molecule has 6 nitrogen and oxygen atoms in total. The molecule has 1 amide bonds. The summed E-state index contributed by atoms with van der Waals surface area (Å²) in [6.45, 7) is 4.37. The van der Waals surface area contributed by atoms with Crippen LogP contribution in [0, 0.1) is 0 Å². The second-order valence-electron chi connectivity index (χ2n) is 8.87. The monoisotopic (exact) mass is 433 g/mol. The molecule has 1 aliphatic carbocycles. The molecule has 1 N–H and O–H groups in total. The lowest BCUT2D eigenvalue weighted by molar-refractivity contribution is 0.0924. The van der Waals surface area contributed by atoms with Gasteiger partial charge in [-0.05, 0) is 54.2 Å². The van der Waals surface area contributed by atoms with Crippen molar-refractivity contribution in [1.82, 2.24) is 14.9 Å². The summed E-state index contributed by atoms with van der Waals surface area (Å²) in [4.78, 5) is 31.7. The van der Waals surface area contributed by atoms with Crippen LogP contribution in [-0.4, -0.2) is 28.6 Å². The smallest absolute Gasteiger partial charge is 0.265 e. The number of methoxy groups -OCH3 is 1. The summed E-state index contributed by atoms with van der Waals surface area (Å²) in [5, 5.41) is 4.00. The van der Waals surface area contributed by atoms with Gasteiger partial charge in [-0.2, -0.15) is 0 Å². The van der Waals surface area contributed by atoms with E-state index in [2.05, 4.69) is 10.3 Å². The van der Waals surface area contributed by atoms with E-state index in [0.717, 1.165) is 47.9 Å². The fourth-order valence-electron chi connectivity index (χ4n) is 4.69. The Morgan fingerprint density at radius 2 is 1.88 bits per heavy atom. The second kappa shape index (κ2) is 9.55. The standard InChI is InChI=1S/C26H31N3O3/c1-17(2)22-21-10-7-15-27-24(21)29(16-18-11-13-20(32-3)14-12-18)26(31)23(22)25(30)28-19-8-5-4-6-9-19/h7,10-15,17,19H,4-6,8-9,16H2,1-3H3,(H,28,30). The van der Waals surface area contributed by atoms with Crippen LogP contribution in [-0.2, 0) is 6.54 Å². The average molecular weight is 434 g/mol. The van der Waals surface area contributed by atoms with Crippen molar-refractivity contribution in [3.63, 3.8) is 0 Å². The van der Waals surface area contributed by atoms with E-state index in [4.69, 9.17) is 4.74 Å². The van der Waals surface area contributed by atoms with Crippen LogP contribution < -0.4 is 15.6 Å². The van der Waals surface area contributed by atoms with Crippen LogP contribution >= 0.6 is 0 Å². The van der Waals surface area contributed by atoms with Crippen LogP contribution in [0.25, 0.3) is 11.0 Å². The number of benzene rings is 1. The van der Waals surface area contributed by atoms with Gasteiger partial charge in [0.1, 0.15) is 17.0 Å². The summed E-state index contributed by atoms with van der Waals surface area (Å²) in [7, 11) is 1.62. The maximum absolute atomic E-state index is 13.8. The van der Waals surface area contributed by atoms with Gasteiger partial charge in [0, 0.05) is 17.6 Å². The van der Waals surface area contributed by atoms with Gasteiger partial charge < -0.3 is 10.1 Å². The van der Waals surface area contributed by atoms with Gasteiger partial charge in [0.2, 0.25) is 0 Å². The van der Waals surface area contributed by atoms with E-state index in [1.165, 1.54) is 6.42 Å². The number of hydrogen-bond donors (Lipinski definition) is 1. The van der Waals surface area contributed by atoms with E-state index in [1.807, 2.05) is 50.2 Å². The number of nitrogens with one attached hydrogen (secondary N) is 1. The maximum atomic E-state index is 13.8. The first-order valence-corrected chi connectivity index (χ1v) is 11.4. The number of amides is 1. The summed E-state index contributed by atoms with van der Waals surface area (Å²) in [6, 6.07) is 11.6. The molecule has 0 bridgehead atoms. The number of ether oxygens (including phenoxy) is 1. The first-order chi connectivity index (χ1) is 15.5. The zero-order chi connectivity index (χ0) is 22.7. The van der Waals surface area contributed by atoms with Crippen molar-refractivity contribution in [1.29, 1.82) is 0 Å². The molecule has 6 heteroatoms. The lowest BCUT2D eigenvalue weighted by Crippen LogP contribution is -2.41. The van der Waals surface area contributed by atoms with Gasteiger partial charge >= 0.3 is 0 Å². The zero-order valence-corrected chi connectivity index (χ0v) is 19.1.